The van der Waals surface area contributed by atoms with Crippen LogP contribution in [0.2, 0.25) is 0 Å². The van der Waals surface area contributed by atoms with Crippen LogP contribution >= 0.6 is 0 Å². The van der Waals surface area contributed by atoms with Crippen LogP contribution in [0.15, 0.2) is 91.1 Å². The first-order chi connectivity index (χ1) is 18.4. The quantitative estimate of drug-likeness (QED) is 0.195. The van der Waals surface area contributed by atoms with Gasteiger partial charge in [0.15, 0.2) is 0 Å². The summed E-state index contributed by atoms with van der Waals surface area (Å²) in [5.74, 6) is 0. The Kier molecular flexibility index (Phi) is 3.51. The first kappa shape index (κ1) is 20.8. The fraction of sp³-hybridized carbons (Fsp3) is 0.162. The van der Waals surface area contributed by atoms with Gasteiger partial charge in [0.05, 0.1) is 5.52 Å². The fourth-order valence-electron chi connectivity index (χ4n) is 7.89. The van der Waals surface area contributed by atoms with Crippen molar-refractivity contribution in [2.45, 2.75) is 38.5 Å². The lowest BCUT2D eigenvalue weighted by Gasteiger charge is -2.24. The third kappa shape index (κ3) is 2.24. The molecule has 1 heteroatoms. The van der Waals surface area contributed by atoms with Crippen molar-refractivity contribution >= 4 is 43.2 Å². The molecule has 7 aromatic rings. The molecule has 1 aromatic heterocycles. The first-order valence-electron chi connectivity index (χ1n) is 13.6. The second kappa shape index (κ2) is 6.42. The highest BCUT2D eigenvalue weighted by Gasteiger charge is 2.43. The van der Waals surface area contributed by atoms with Crippen LogP contribution in [-0.2, 0) is 10.8 Å². The summed E-state index contributed by atoms with van der Waals surface area (Å²) in [6.07, 6.45) is 1.90. The number of benzene rings is 6. The number of hydrogen-bond donors (Lipinski definition) is 0. The summed E-state index contributed by atoms with van der Waals surface area (Å²) in [6.45, 7) is 9.59. The molecule has 0 spiro atoms. The average molecular weight is 486 g/mol. The summed E-state index contributed by atoms with van der Waals surface area (Å²) < 4.78 is 0. The van der Waals surface area contributed by atoms with E-state index in [1.165, 1.54) is 82.2 Å². The molecular weight excluding hydrogens is 458 g/mol. The highest BCUT2D eigenvalue weighted by atomic mass is 14.6. The van der Waals surface area contributed by atoms with E-state index in [4.69, 9.17) is 0 Å². The minimum atomic E-state index is -0.0835. The molecule has 38 heavy (non-hydrogen) atoms. The van der Waals surface area contributed by atoms with E-state index in [1.807, 2.05) is 6.20 Å². The van der Waals surface area contributed by atoms with Crippen molar-refractivity contribution in [1.82, 2.24) is 4.98 Å². The molecule has 0 radical (unpaired) electrons. The van der Waals surface area contributed by atoms with Crippen LogP contribution in [-0.4, -0.2) is 4.98 Å². The summed E-state index contributed by atoms with van der Waals surface area (Å²) in [4.78, 5) is 4.69. The largest absolute Gasteiger partial charge is 0.256 e. The molecule has 0 fully saturated rings. The third-order valence-corrected chi connectivity index (χ3v) is 9.82. The molecule has 0 aliphatic heterocycles. The van der Waals surface area contributed by atoms with Gasteiger partial charge >= 0.3 is 0 Å². The molecular formula is C37H27N. The summed E-state index contributed by atoms with van der Waals surface area (Å²) >= 11 is 0. The van der Waals surface area contributed by atoms with Crippen molar-refractivity contribution in [2.24, 2.45) is 0 Å². The summed E-state index contributed by atoms with van der Waals surface area (Å²) in [5, 5.41) is 9.43. The number of fused-ring (bicyclic) bond motifs is 9. The van der Waals surface area contributed by atoms with E-state index >= 15 is 0 Å². The molecule has 2 aliphatic carbocycles. The molecule has 180 valence electrons. The van der Waals surface area contributed by atoms with Gasteiger partial charge in [-0.25, -0.2) is 0 Å². The minimum absolute atomic E-state index is 0.0690. The summed E-state index contributed by atoms with van der Waals surface area (Å²) in [7, 11) is 0. The van der Waals surface area contributed by atoms with Crippen molar-refractivity contribution in [3.63, 3.8) is 0 Å². The Morgan fingerprint density at radius 1 is 0.500 bits per heavy atom. The van der Waals surface area contributed by atoms with Gasteiger partial charge < -0.3 is 0 Å². The molecule has 1 heterocycles. The van der Waals surface area contributed by atoms with E-state index in [9.17, 15) is 0 Å². The van der Waals surface area contributed by atoms with Gasteiger partial charge in [0.2, 0.25) is 0 Å². The van der Waals surface area contributed by atoms with Gasteiger partial charge in [0.25, 0.3) is 0 Å². The van der Waals surface area contributed by atoms with Crippen LogP contribution in [0.25, 0.3) is 65.5 Å². The van der Waals surface area contributed by atoms with E-state index in [-0.39, 0.29) is 10.8 Å². The second-order valence-corrected chi connectivity index (χ2v) is 12.4. The number of nitrogens with zero attached hydrogens (tertiary/aromatic N) is 1. The summed E-state index contributed by atoms with van der Waals surface area (Å²) in [6, 6.07) is 32.3. The van der Waals surface area contributed by atoms with Crippen LogP contribution in [0.3, 0.4) is 0 Å². The number of rotatable bonds is 0. The predicted molar refractivity (Wildman–Crippen MR) is 161 cm³/mol. The van der Waals surface area contributed by atoms with Crippen molar-refractivity contribution in [1.29, 1.82) is 0 Å². The van der Waals surface area contributed by atoms with E-state index in [0.29, 0.717) is 0 Å². The SMILES string of the molecule is CC1(C)c2cc3c(cc2-c2c1ccc1ncccc21)C(C)(C)c1cc2ccc4cccc5ccc(c1-3)c2c45. The molecule has 0 atom stereocenters. The van der Waals surface area contributed by atoms with Crippen LogP contribution in [0, 0.1) is 0 Å². The topological polar surface area (TPSA) is 12.9 Å². The van der Waals surface area contributed by atoms with E-state index in [0.717, 1.165) is 5.52 Å². The maximum absolute atomic E-state index is 4.69. The van der Waals surface area contributed by atoms with E-state index < -0.39 is 0 Å². The van der Waals surface area contributed by atoms with Gasteiger partial charge in [-0.15, -0.1) is 0 Å². The molecule has 9 rings (SSSR count). The van der Waals surface area contributed by atoms with Gasteiger partial charge in [-0.05, 0) is 107 Å². The maximum atomic E-state index is 4.69. The lowest BCUT2D eigenvalue weighted by Crippen LogP contribution is -2.17. The number of hydrogen-bond acceptors (Lipinski definition) is 1. The van der Waals surface area contributed by atoms with Gasteiger partial charge in [-0.1, -0.05) is 82.3 Å². The molecule has 0 saturated carbocycles. The number of pyridine rings is 1. The van der Waals surface area contributed by atoms with Crippen molar-refractivity contribution in [3.8, 4) is 22.3 Å². The predicted octanol–water partition coefficient (Wildman–Crippen LogP) is 9.74. The molecule has 2 aliphatic rings. The molecule has 6 aromatic carbocycles. The third-order valence-electron chi connectivity index (χ3n) is 9.82. The lowest BCUT2D eigenvalue weighted by molar-refractivity contribution is 0.652. The van der Waals surface area contributed by atoms with Crippen LogP contribution < -0.4 is 0 Å². The van der Waals surface area contributed by atoms with E-state index in [2.05, 4.69) is 118 Å². The Morgan fingerprint density at radius 2 is 1.16 bits per heavy atom. The second-order valence-electron chi connectivity index (χ2n) is 12.4. The molecule has 0 amide bonds. The zero-order valence-electron chi connectivity index (χ0n) is 22.1. The molecule has 0 saturated heterocycles. The zero-order valence-corrected chi connectivity index (χ0v) is 22.1. The van der Waals surface area contributed by atoms with Gasteiger partial charge in [0, 0.05) is 22.4 Å². The van der Waals surface area contributed by atoms with Crippen molar-refractivity contribution in [2.75, 3.05) is 0 Å². The Hall–Kier alpha value is -4.23. The van der Waals surface area contributed by atoms with Crippen LogP contribution in [0.5, 0.6) is 0 Å². The van der Waals surface area contributed by atoms with Gasteiger partial charge in [0.1, 0.15) is 0 Å². The first-order valence-corrected chi connectivity index (χ1v) is 13.6. The molecule has 0 bridgehead atoms. The van der Waals surface area contributed by atoms with Crippen LogP contribution in [0.4, 0.5) is 0 Å². The molecule has 0 unspecified atom stereocenters. The highest BCUT2D eigenvalue weighted by molar-refractivity contribution is 6.26. The Balaban J connectivity index is 1.43. The smallest absolute Gasteiger partial charge is 0.0708 e. The standard InChI is InChI=1S/C37H27N/c1-36(2)27-14-15-31-23(9-6-16-38-31)34(27)25-18-29-26(19-28(25)36)35-24-13-12-21-8-5-7-20-10-11-22(33(24)32(20)21)17-30(35)37(29,3)4/h5-19H,1-4H3. The normalized spacial score (nSPS) is 16.3. The van der Waals surface area contributed by atoms with E-state index in [1.54, 1.807) is 0 Å². The van der Waals surface area contributed by atoms with Crippen LogP contribution in [0.1, 0.15) is 49.9 Å². The Morgan fingerprint density at radius 3 is 1.92 bits per heavy atom. The van der Waals surface area contributed by atoms with Gasteiger partial charge in [-0.2, -0.15) is 0 Å². The fourth-order valence-corrected chi connectivity index (χ4v) is 7.89. The lowest BCUT2D eigenvalue weighted by atomic mass is 9.79. The maximum Gasteiger partial charge on any atom is 0.0708 e. The minimum Gasteiger partial charge on any atom is -0.256 e. The average Bonchev–Trinajstić information content (AvgIpc) is 3.30. The monoisotopic (exact) mass is 485 g/mol. The van der Waals surface area contributed by atoms with Gasteiger partial charge in [-0.3, -0.25) is 4.98 Å². The molecule has 1 nitrogen and oxygen atoms in total. The zero-order chi connectivity index (χ0) is 25.6. The Labute approximate surface area is 222 Å². The van der Waals surface area contributed by atoms with Crippen molar-refractivity contribution in [3.05, 3.63) is 113 Å². The molecule has 0 N–H and O–H groups in total. The highest BCUT2D eigenvalue weighted by Crippen LogP contribution is 2.59. The number of aromatic nitrogens is 1. The Bertz CT molecular complexity index is 2160. The summed E-state index contributed by atoms with van der Waals surface area (Å²) in [5.41, 5.74) is 12.2. The van der Waals surface area contributed by atoms with Crippen molar-refractivity contribution < 1.29 is 0 Å².